The van der Waals surface area contributed by atoms with Gasteiger partial charge in [0.25, 0.3) is 5.91 Å². The minimum atomic E-state index is -0.409. The number of hydrogen-bond acceptors (Lipinski definition) is 8. The summed E-state index contributed by atoms with van der Waals surface area (Å²) >= 11 is 0. The molecule has 0 saturated carbocycles. The number of rotatable bonds is 5. The summed E-state index contributed by atoms with van der Waals surface area (Å²) in [7, 11) is 0. The van der Waals surface area contributed by atoms with E-state index in [9.17, 15) is 4.79 Å². The zero-order valence-electron chi connectivity index (χ0n) is 15.5. The third kappa shape index (κ3) is 3.88. The average Bonchev–Trinajstić information content (AvgIpc) is 2.74. The van der Waals surface area contributed by atoms with Crippen molar-refractivity contribution in [3.05, 3.63) is 72.4 Å². The molecule has 0 atom stereocenters. The predicted molar refractivity (Wildman–Crippen MR) is 112 cm³/mol. The number of aromatic nitrogens is 4. The lowest BCUT2D eigenvalue weighted by Gasteiger charge is -2.14. The molecule has 1 aromatic carbocycles. The molecular weight excluding hydrogens is 368 g/mol. The zero-order chi connectivity index (χ0) is 20.2. The number of carbonyl (C=O) groups is 1. The topological polar surface area (TPSA) is 131 Å². The zero-order valence-corrected chi connectivity index (χ0v) is 15.5. The number of pyridine rings is 2. The number of benzene rings is 1. The maximum Gasteiger partial charge on any atom is 0.288 e. The monoisotopic (exact) mass is 386 g/mol. The molecule has 0 unspecified atom stereocenters. The fourth-order valence-electron chi connectivity index (χ4n) is 2.77. The number of hydrogen-bond donors (Lipinski definition) is 4. The van der Waals surface area contributed by atoms with Gasteiger partial charge in [-0.1, -0.05) is 12.1 Å². The van der Waals surface area contributed by atoms with Gasteiger partial charge in [0.2, 0.25) is 0 Å². The summed E-state index contributed by atoms with van der Waals surface area (Å²) in [6.07, 6.45) is 2.89. The highest BCUT2D eigenvalue weighted by molar-refractivity contribution is 5.95. The van der Waals surface area contributed by atoms with Crippen LogP contribution in [0, 0.1) is 6.92 Å². The van der Waals surface area contributed by atoms with E-state index < -0.39 is 5.91 Å². The second kappa shape index (κ2) is 7.77. The van der Waals surface area contributed by atoms with Crippen LogP contribution in [-0.4, -0.2) is 25.8 Å². The normalized spacial score (nSPS) is 10.5. The van der Waals surface area contributed by atoms with Gasteiger partial charge in [0.05, 0.1) is 5.52 Å². The number of nitrogens with two attached hydrogens (primary N) is 1. The third-order valence-electron chi connectivity index (χ3n) is 4.20. The molecule has 0 saturated heterocycles. The molecule has 29 heavy (non-hydrogen) atoms. The quantitative estimate of drug-likeness (QED) is 0.385. The van der Waals surface area contributed by atoms with Gasteiger partial charge in [0.15, 0.2) is 11.6 Å². The number of nitrogen functional groups attached to an aromatic ring is 1. The summed E-state index contributed by atoms with van der Waals surface area (Å²) < 4.78 is 0. The van der Waals surface area contributed by atoms with E-state index in [0.29, 0.717) is 5.82 Å². The molecule has 4 aromatic rings. The van der Waals surface area contributed by atoms with Crippen molar-refractivity contribution in [3.8, 4) is 0 Å². The van der Waals surface area contributed by atoms with Crippen LogP contribution in [0.25, 0.3) is 10.9 Å². The summed E-state index contributed by atoms with van der Waals surface area (Å²) in [6, 6.07) is 14.7. The number of fused-ring (bicyclic) bond motifs is 1. The Morgan fingerprint density at radius 1 is 0.966 bits per heavy atom. The molecular formula is C20H18N8O. The second-order valence-corrected chi connectivity index (χ2v) is 6.23. The summed E-state index contributed by atoms with van der Waals surface area (Å²) in [5.74, 6) is 0.261. The fourth-order valence-corrected chi connectivity index (χ4v) is 2.77. The molecule has 0 aliphatic heterocycles. The first-order valence-electron chi connectivity index (χ1n) is 8.83. The number of anilines is 4. The van der Waals surface area contributed by atoms with Crippen molar-refractivity contribution in [1.29, 1.82) is 0 Å². The molecule has 3 heterocycles. The number of hydrazine groups is 1. The first-order chi connectivity index (χ1) is 14.1. The first kappa shape index (κ1) is 18.1. The van der Waals surface area contributed by atoms with Gasteiger partial charge >= 0.3 is 0 Å². The van der Waals surface area contributed by atoms with Crippen LogP contribution >= 0.6 is 0 Å². The Hall–Kier alpha value is -4.27. The van der Waals surface area contributed by atoms with E-state index >= 15 is 0 Å². The van der Waals surface area contributed by atoms with Gasteiger partial charge in [0, 0.05) is 23.0 Å². The Morgan fingerprint density at radius 2 is 1.83 bits per heavy atom. The van der Waals surface area contributed by atoms with E-state index in [1.54, 1.807) is 18.2 Å². The highest BCUT2D eigenvalue weighted by atomic mass is 16.2. The van der Waals surface area contributed by atoms with Crippen molar-refractivity contribution < 1.29 is 4.79 Å². The maximum atomic E-state index is 12.1. The fraction of sp³-hybridized carbons (Fsp3) is 0.0500. The lowest BCUT2D eigenvalue weighted by Crippen LogP contribution is -2.31. The van der Waals surface area contributed by atoms with Crippen LogP contribution in [0.15, 0.2) is 61.1 Å². The summed E-state index contributed by atoms with van der Waals surface area (Å²) in [6.45, 7) is 1.94. The van der Waals surface area contributed by atoms with E-state index in [-0.39, 0.29) is 17.2 Å². The maximum absolute atomic E-state index is 12.1. The Labute approximate surface area is 166 Å². The van der Waals surface area contributed by atoms with E-state index in [1.807, 2.05) is 37.3 Å². The number of nitrogens with one attached hydrogen (secondary N) is 3. The standard InChI is InChI=1S/C20H18N8O/c1-12-8-9-13-14(25-12)6-4-7-15(13)26-18-17(21)19(24-11-23-18)27-28-20(29)16-5-2-3-10-22-16/h2-11H,21H2,1H3,(H,28,29)(H2,23,24,26,27). The van der Waals surface area contributed by atoms with Crippen molar-refractivity contribution in [1.82, 2.24) is 25.4 Å². The van der Waals surface area contributed by atoms with Crippen molar-refractivity contribution in [2.24, 2.45) is 0 Å². The molecule has 0 fully saturated rings. The molecule has 3 aromatic heterocycles. The van der Waals surface area contributed by atoms with E-state index in [2.05, 4.69) is 36.1 Å². The molecule has 1 amide bonds. The first-order valence-corrected chi connectivity index (χ1v) is 8.83. The lowest BCUT2D eigenvalue weighted by atomic mass is 10.1. The van der Waals surface area contributed by atoms with E-state index in [1.165, 1.54) is 12.5 Å². The van der Waals surface area contributed by atoms with Gasteiger partial charge in [-0.05, 0) is 43.3 Å². The number of carbonyl (C=O) groups excluding carboxylic acids is 1. The lowest BCUT2D eigenvalue weighted by molar-refractivity contribution is 0.0957. The van der Waals surface area contributed by atoms with Gasteiger partial charge in [-0.3, -0.25) is 25.6 Å². The van der Waals surface area contributed by atoms with Crippen molar-refractivity contribution >= 4 is 39.8 Å². The van der Waals surface area contributed by atoms with Crippen LogP contribution in [0.2, 0.25) is 0 Å². The molecule has 0 aliphatic carbocycles. The van der Waals surface area contributed by atoms with Crippen LogP contribution in [0.5, 0.6) is 0 Å². The van der Waals surface area contributed by atoms with E-state index in [4.69, 9.17) is 5.73 Å². The highest BCUT2D eigenvalue weighted by Gasteiger charge is 2.12. The summed E-state index contributed by atoms with van der Waals surface area (Å²) in [5.41, 5.74) is 14.6. The smallest absolute Gasteiger partial charge is 0.288 e. The second-order valence-electron chi connectivity index (χ2n) is 6.23. The molecule has 4 rings (SSSR count). The summed E-state index contributed by atoms with van der Waals surface area (Å²) in [5, 5.41) is 4.15. The number of amides is 1. The molecule has 0 radical (unpaired) electrons. The molecule has 9 nitrogen and oxygen atoms in total. The highest BCUT2D eigenvalue weighted by Crippen LogP contribution is 2.29. The molecule has 9 heteroatoms. The molecule has 0 bridgehead atoms. The Kier molecular flexibility index (Phi) is 4.85. The van der Waals surface area contributed by atoms with Gasteiger partial charge in [-0.25, -0.2) is 9.97 Å². The van der Waals surface area contributed by atoms with Crippen LogP contribution in [0.4, 0.5) is 23.0 Å². The SMILES string of the molecule is Cc1ccc2c(Nc3ncnc(NNC(=O)c4ccccn4)c3N)cccc2n1. The molecule has 144 valence electrons. The van der Waals surface area contributed by atoms with Crippen LogP contribution in [-0.2, 0) is 0 Å². The minimum absolute atomic E-state index is 0.255. The number of nitrogens with zero attached hydrogens (tertiary/aromatic N) is 4. The largest absolute Gasteiger partial charge is 0.393 e. The van der Waals surface area contributed by atoms with Gasteiger partial charge in [-0.15, -0.1) is 0 Å². The van der Waals surface area contributed by atoms with Gasteiger partial charge < -0.3 is 11.1 Å². The molecule has 0 spiro atoms. The third-order valence-corrected chi connectivity index (χ3v) is 4.20. The Morgan fingerprint density at radius 3 is 2.66 bits per heavy atom. The van der Waals surface area contributed by atoms with Crippen LogP contribution in [0.1, 0.15) is 16.2 Å². The van der Waals surface area contributed by atoms with Crippen molar-refractivity contribution in [2.45, 2.75) is 6.92 Å². The average molecular weight is 386 g/mol. The summed E-state index contributed by atoms with van der Waals surface area (Å²) in [4.78, 5) is 28.9. The Bertz CT molecular complexity index is 1180. The van der Waals surface area contributed by atoms with Crippen LogP contribution < -0.4 is 21.9 Å². The minimum Gasteiger partial charge on any atom is -0.393 e. The van der Waals surface area contributed by atoms with Crippen LogP contribution in [0.3, 0.4) is 0 Å². The van der Waals surface area contributed by atoms with Crippen molar-refractivity contribution in [2.75, 3.05) is 16.5 Å². The predicted octanol–water partition coefficient (Wildman–Crippen LogP) is 2.81. The van der Waals surface area contributed by atoms with Gasteiger partial charge in [0.1, 0.15) is 17.7 Å². The van der Waals surface area contributed by atoms with Crippen molar-refractivity contribution in [3.63, 3.8) is 0 Å². The molecule has 0 aliphatic rings. The van der Waals surface area contributed by atoms with Gasteiger partial charge in [-0.2, -0.15) is 0 Å². The Balaban J connectivity index is 1.55. The van der Waals surface area contributed by atoms with E-state index in [0.717, 1.165) is 22.3 Å². The molecule has 5 N–H and O–H groups in total. The number of aryl methyl sites for hydroxylation is 1.